The molecule has 0 saturated carbocycles. The van der Waals surface area contributed by atoms with Crippen molar-refractivity contribution in [2.24, 2.45) is 0 Å². The van der Waals surface area contributed by atoms with Crippen molar-refractivity contribution in [3.05, 3.63) is 36.0 Å². The summed E-state index contributed by atoms with van der Waals surface area (Å²) in [6.07, 6.45) is 4.24. The fourth-order valence-corrected chi connectivity index (χ4v) is 2.63. The number of nitrogens with one attached hydrogen (secondary N) is 2. The van der Waals surface area contributed by atoms with E-state index in [9.17, 15) is 0 Å². The number of aryl methyl sites for hydroxylation is 1. The molecule has 0 spiro atoms. The molecule has 3 nitrogen and oxygen atoms in total. The predicted octanol–water partition coefficient (Wildman–Crippen LogP) is 2.71. The number of anilines is 1. The first kappa shape index (κ1) is 11.5. The number of fused-ring (bicyclic) bond motifs is 1. The summed E-state index contributed by atoms with van der Waals surface area (Å²) in [6, 6.07) is 9.08. The summed E-state index contributed by atoms with van der Waals surface area (Å²) in [4.78, 5) is 4.48. The summed E-state index contributed by atoms with van der Waals surface area (Å²) in [7, 11) is 0. The van der Waals surface area contributed by atoms with Gasteiger partial charge >= 0.3 is 0 Å². The van der Waals surface area contributed by atoms with Gasteiger partial charge in [0.05, 0.1) is 5.52 Å². The number of nitrogens with zero attached hydrogens (tertiary/aromatic N) is 1. The summed E-state index contributed by atoms with van der Waals surface area (Å²) in [6.45, 7) is 4.34. The molecule has 1 saturated heterocycles. The van der Waals surface area contributed by atoms with Crippen molar-refractivity contribution >= 4 is 16.6 Å². The van der Waals surface area contributed by atoms with E-state index in [0.717, 1.165) is 18.6 Å². The van der Waals surface area contributed by atoms with Gasteiger partial charge in [-0.15, -0.1) is 0 Å². The minimum Gasteiger partial charge on any atom is -0.382 e. The molecule has 0 aliphatic carbocycles. The second kappa shape index (κ2) is 4.94. The highest BCUT2D eigenvalue weighted by Crippen LogP contribution is 2.26. The Morgan fingerprint density at radius 3 is 2.89 bits per heavy atom. The van der Waals surface area contributed by atoms with E-state index >= 15 is 0 Å². The lowest BCUT2D eigenvalue weighted by Crippen LogP contribution is -2.35. The third-order valence-corrected chi connectivity index (χ3v) is 3.67. The Hall–Kier alpha value is -1.61. The van der Waals surface area contributed by atoms with Gasteiger partial charge in [0.1, 0.15) is 0 Å². The molecule has 3 heteroatoms. The molecule has 1 aromatic carbocycles. The van der Waals surface area contributed by atoms with Crippen molar-refractivity contribution in [2.75, 3.05) is 18.4 Å². The van der Waals surface area contributed by atoms with E-state index < -0.39 is 0 Å². The van der Waals surface area contributed by atoms with Gasteiger partial charge in [0.2, 0.25) is 0 Å². The van der Waals surface area contributed by atoms with Gasteiger partial charge in [0, 0.05) is 23.3 Å². The molecule has 2 N–H and O–H groups in total. The minimum atomic E-state index is 0.581. The first-order valence-electron chi connectivity index (χ1n) is 6.66. The van der Waals surface area contributed by atoms with E-state index in [1.807, 2.05) is 12.3 Å². The first-order valence-corrected chi connectivity index (χ1v) is 6.66. The van der Waals surface area contributed by atoms with E-state index in [4.69, 9.17) is 0 Å². The highest BCUT2D eigenvalue weighted by molar-refractivity contribution is 5.93. The highest BCUT2D eigenvalue weighted by Gasteiger charge is 2.14. The third-order valence-electron chi connectivity index (χ3n) is 3.67. The average molecular weight is 241 g/mol. The Balaban J connectivity index is 1.94. The maximum absolute atomic E-state index is 4.48. The zero-order valence-electron chi connectivity index (χ0n) is 10.7. The summed E-state index contributed by atoms with van der Waals surface area (Å²) in [5.41, 5.74) is 3.56. The predicted molar refractivity (Wildman–Crippen MR) is 76.0 cm³/mol. The molecule has 2 heterocycles. The Labute approximate surface area is 108 Å². The molecule has 3 rings (SSSR count). The zero-order chi connectivity index (χ0) is 12.4. The number of pyridine rings is 1. The molecular weight excluding hydrogens is 222 g/mol. The van der Waals surface area contributed by atoms with Gasteiger partial charge in [0.15, 0.2) is 0 Å². The standard InChI is InChI=1S/C15H19N3/c1-11-4-5-14(13-3-2-8-17-15(11)13)18-12-6-9-16-10-7-12/h2-5,8,12,16,18H,6-7,9-10H2,1H3. The lowest BCUT2D eigenvalue weighted by atomic mass is 10.0. The highest BCUT2D eigenvalue weighted by atomic mass is 15.0. The van der Waals surface area contributed by atoms with Gasteiger partial charge in [-0.05, 0) is 56.6 Å². The van der Waals surface area contributed by atoms with E-state index in [-0.39, 0.29) is 0 Å². The van der Waals surface area contributed by atoms with Crippen molar-refractivity contribution in [1.29, 1.82) is 0 Å². The van der Waals surface area contributed by atoms with E-state index in [0.29, 0.717) is 6.04 Å². The first-order chi connectivity index (χ1) is 8.84. The minimum absolute atomic E-state index is 0.581. The normalized spacial score (nSPS) is 16.9. The van der Waals surface area contributed by atoms with Gasteiger partial charge in [-0.1, -0.05) is 6.07 Å². The molecule has 94 valence electrons. The molecule has 0 unspecified atom stereocenters. The summed E-state index contributed by atoms with van der Waals surface area (Å²) in [5.74, 6) is 0. The van der Waals surface area contributed by atoms with Crippen molar-refractivity contribution < 1.29 is 0 Å². The second-order valence-electron chi connectivity index (χ2n) is 5.00. The fraction of sp³-hybridized carbons (Fsp3) is 0.400. The van der Waals surface area contributed by atoms with Crippen LogP contribution in [0, 0.1) is 6.92 Å². The van der Waals surface area contributed by atoms with Gasteiger partial charge in [0.25, 0.3) is 0 Å². The van der Waals surface area contributed by atoms with Crippen LogP contribution in [0.3, 0.4) is 0 Å². The largest absolute Gasteiger partial charge is 0.382 e. The smallest absolute Gasteiger partial charge is 0.0751 e. The number of hydrogen-bond acceptors (Lipinski definition) is 3. The molecule has 1 aliphatic rings. The summed E-state index contributed by atoms with van der Waals surface area (Å²) < 4.78 is 0. The van der Waals surface area contributed by atoms with Crippen molar-refractivity contribution in [1.82, 2.24) is 10.3 Å². The SMILES string of the molecule is Cc1ccc(NC2CCNCC2)c2cccnc12. The third kappa shape index (κ3) is 2.18. The molecule has 0 radical (unpaired) electrons. The fourth-order valence-electron chi connectivity index (χ4n) is 2.63. The Kier molecular flexibility index (Phi) is 3.15. The van der Waals surface area contributed by atoms with Crippen LogP contribution in [0.5, 0.6) is 0 Å². The molecule has 1 aromatic heterocycles. The topological polar surface area (TPSA) is 37.0 Å². The lowest BCUT2D eigenvalue weighted by molar-refractivity contribution is 0.479. The number of aromatic nitrogens is 1. The van der Waals surface area contributed by atoms with Crippen LogP contribution in [0.2, 0.25) is 0 Å². The number of rotatable bonds is 2. The van der Waals surface area contributed by atoms with Gasteiger partial charge in [-0.2, -0.15) is 0 Å². The molecule has 0 amide bonds. The molecule has 2 aromatic rings. The number of hydrogen-bond donors (Lipinski definition) is 2. The quantitative estimate of drug-likeness (QED) is 0.849. The zero-order valence-corrected chi connectivity index (χ0v) is 10.7. The lowest BCUT2D eigenvalue weighted by Gasteiger charge is -2.25. The maximum atomic E-state index is 4.48. The van der Waals surface area contributed by atoms with Crippen LogP contribution in [0.25, 0.3) is 10.9 Å². The van der Waals surface area contributed by atoms with Crippen molar-refractivity contribution in [3.63, 3.8) is 0 Å². The van der Waals surface area contributed by atoms with Crippen LogP contribution in [0.15, 0.2) is 30.5 Å². The molecule has 1 fully saturated rings. The molecule has 1 aliphatic heterocycles. The molecule has 0 atom stereocenters. The maximum Gasteiger partial charge on any atom is 0.0751 e. The van der Waals surface area contributed by atoms with Gasteiger partial charge in [-0.3, -0.25) is 4.98 Å². The van der Waals surface area contributed by atoms with Crippen LogP contribution < -0.4 is 10.6 Å². The van der Waals surface area contributed by atoms with Crippen LogP contribution in [-0.4, -0.2) is 24.1 Å². The molecular formula is C15H19N3. The molecule has 0 bridgehead atoms. The second-order valence-corrected chi connectivity index (χ2v) is 5.00. The van der Waals surface area contributed by atoms with E-state index in [1.54, 1.807) is 0 Å². The average Bonchev–Trinajstić information content (AvgIpc) is 2.44. The molecule has 18 heavy (non-hydrogen) atoms. The Bertz CT molecular complexity index is 544. The Morgan fingerprint density at radius 2 is 2.06 bits per heavy atom. The van der Waals surface area contributed by atoms with Crippen LogP contribution in [0.1, 0.15) is 18.4 Å². The van der Waals surface area contributed by atoms with Gasteiger partial charge in [-0.25, -0.2) is 0 Å². The van der Waals surface area contributed by atoms with Crippen LogP contribution >= 0.6 is 0 Å². The number of benzene rings is 1. The number of piperidine rings is 1. The van der Waals surface area contributed by atoms with Crippen LogP contribution in [-0.2, 0) is 0 Å². The van der Waals surface area contributed by atoms with Crippen molar-refractivity contribution in [2.45, 2.75) is 25.8 Å². The monoisotopic (exact) mass is 241 g/mol. The Morgan fingerprint density at radius 1 is 1.22 bits per heavy atom. The van der Waals surface area contributed by atoms with Crippen molar-refractivity contribution in [3.8, 4) is 0 Å². The van der Waals surface area contributed by atoms with E-state index in [1.165, 1.54) is 29.5 Å². The summed E-state index contributed by atoms with van der Waals surface area (Å²) in [5, 5.41) is 8.30. The van der Waals surface area contributed by atoms with Gasteiger partial charge < -0.3 is 10.6 Å². The van der Waals surface area contributed by atoms with E-state index in [2.05, 4.69) is 40.7 Å². The summed E-state index contributed by atoms with van der Waals surface area (Å²) >= 11 is 0. The van der Waals surface area contributed by atoms with Crippen LogP contribution in [0.4, 0.5) is 5.69 Å².